The quantitative estimate of drug-likeness (QED) is 0.367. The van der Waals surface area contributed by atoms with Gasteiger partial charge in [0, 0.05) is 11.6 Å². The SMILES string of the molecule is O=C1OC(c2ccc(Cl)c([N+](=O)[O-])c2)=N/C1=C\c1cccc(F)c1. The number of halogens is 2. The summed E-state index contributed by atoms with van der Waals surface area (Å²) in [6, 6.07) is 9.54. The minimum atomic E-state index is -0.730. The highest BCUT2D eigenvalue weighted by Gasteiger charge is 2.26. The first kappa shape index (κ1) is 15.8. The topological polar surface area (TPSA) is 81.8 Å². The maximum absolute atomic E-state index is 13.2. The van der Waals surface area contributed by atoms with Gasteiger partial charge >= 0.3 is 5.97 Å². The van der Waals surface area contributed by atoms with E-state index < -0.39 is 16.7 Å². The van der Waals surface area contributed by atoms with Crippen LogP contribution in [-0.4, -0.2) is 16.8 Å². The fraction of sp³-hybridized carbons (Fsp3) is 0. The Kier molecular flexibility index (Phi) is 4.09. The van der Waals surface area contributed by atoms with Crippen molar-refractivity contribution < 1.29 is 18.8 Å². The monoisotopic (exact) mass is 346 g/mol. The lowest BCUT2D eigenvalue weighted by Crippen LogP contribution is -2.06. The summed E-state index contributed by atoms with van der Waals surface area (Å²) in [5.74, 6) is -1.26. The summed E-state index contributed by atoms with van der Waals surface area (Å²) in [5.41, 5.74) is 0.319. The second-order valence-corrected chi connectivity index (χ2v) is 5.22. The Morgan fingerprint density at radius 3 is 2.75 bits per heavy atom. The summed E-state index contributed by atoms with van der Waals surface area (Å²) in [6.07, 6.45) is 1.36. The number of hydrogen-bond acceptors (Lipinski definition) is 5. The molecule has 0 amide bonds. The molecular weight excluding hydrogens is 339 g/mol. The van der Waals surface area contributed by atoms with Crippen LogP contribution in [0.25, 0.3) is 6.08 Å². The summed E-state index contributed by atoms with van der Waals surface area (Å²) < 4.78 is 18.2. The van der Waals surface area contributed by atoms with Gasteiger partial charge in [0.2, 0.25) is 5.90 Å². The number of carbonyl (C=O) groups excluding carboxylic acids is 1. The molecule has 0 unspecified atom stereocenters. The number of nitrogens with zero attached hydrogens (tertiary/aromatic N) is 2. The van der Waals surface area contributed by atoms with E-state index in [-0.39, 0.29) is 27.9 Å². The van der Waals surface area contributed by atoms with Gasteiger partial charge in [-0.1, -0.05) is 23.7 Å². The van der Waals surface area contributed by atoms with Crippen LogP contribution < -0.4 is 0 Å². The van der Waals surface area contributed by atoms with Gasteiger partial charge in [-0.3, -0.25) is 10.1 Å². The Morgan fingerprint density at radius 1 is 1.25 bits per heavy atom. The number of esters is 1. The highest BCUT2D eigenvalue weighted by atomic mass is 35.5. The molecule has 0 atom stereocenters. The van der Waals surface area contributed by atoms with Crippen LogP contribution in [0.15, 0.2) is 53.2 Å². The Balaban J connectivity index is 1.98. The molecule has 0 saturated heterocycles. The molecule has 120 valence electrons. The highest BCUT2D eigenvalue weighted by Crippen LogP contribution is 2.27. The summed E-state index contributed by atoms with van der Waals surface area (Å²) in [4.78, 5) is 26.2. The van der Waals surface area contributed by atoms with Crippen LogP contribution in [0.1, 0.15) is 11.1 Å². The standard InChI is InChI=1S/C16H8ClFN2O4/c17-12-5-4-10(8-14(12)20(22)23)15-19-13(16(21)24-15)7-9-2-1-3-11(18)6-9/h1-8H/b13-7-. The Hall–Kier alpha value is -3.06. The lowest BCUT2D eigenvalue weighted by atomic mass is 10.2. The van der Waals surface area contributed by atoms with E-state index in [1.807, 2.05) is 0 Å². The van der Waals surface area contributed by atoms with Crippen molar-refractivity contribution in [2.24, 2.45) is 4.99 Å². The maximum atomic E-state index is 13.2. The van der Waals surface area contributed by atoms with Crippen molar-refractivity contribution in [1.29, 1.82) is 0 Å². The summed E-state index contributed by atoms with van der Waals surface area (Å²) >= 11 is 5.74. The molecule has 0 radical (unpaired) electrons. The number of benzene rings is 2. The smallest absolute Gasteiger partial charge is 0.363 e. The minimum absolute atomic E-state index is 0.0341. The second-order valence-electron chi connectivity index (χ2n) is 4.81. The van der Waals surface area contributed by atoms with Crippen LogP contribution in [0.4, 0.5) is 10.1 Å². The number of nitro benzene ring substituents is 1. The first-order valence-electron chi connectivity index (χ1n) is 6.66. The van der Waals surface area contributed by atoms with Crippen LogP contribution in [0.3, 0.4) is 0 Å². The van der Waals surface area contributed by atoms with Crippen LogP contribution in [-0.2, 0) is 9.53 Å². The zero-order valence-corrected chi connectivity index (χ0v) is 12.7. The minimum Gasteiger partial charge on any atom is -0.402 e. The van der Waals surface area contributed by atoms with Crippen LogP contribution in [0.5, 0.6) is 0 Å². The molecule has 0 fully saturated rings. The second kappa shape index (κ2) is 6.21. The van der Waals surface area contributed by atoms with Gasteiger partial charge in [-0.05, 0) is 35.9 Å². The molecule has 0 aliphatic carbocycles. The molecule has 24 heavy (non-hydrogen) atoms. The molecule has 0 N–H and O–H groups in total. The number of hydrogen-bond donors (Lipinski definition) is 0. The number of ether oxygens (including phenoxy) is 1. The predicted octanol–water partition coefficient (Wildman–Crippen LogP) is 3.73. The average Bonchev–Trinajstić information content (AvgIpc) is 2.88. The number of aliphatic imine (C=N–C) groups is 1. The van der Waals surface area contributed by atoms with Crippen molar-refractivity contribution in [2.75, 3.05) is 0 Å². The molecule has 3 rings (SSSR count). The first-order chi connectivity index (χ1) is 11.4. The van der Waals surface area contributed by atoms with Gasteiger partial charge in [0.05, 0.1) is 4.92 Å². The normalized spacial score (nSPS) is 15.3. The van der Waals surface area contributed by atoms with Gasteiger partial charge in [-0.2, -0.15) is 0 Å². The third kappa shape index (κ3) is 3.16. The maximum Gasteiger partial charge on any atom is 0.363 e. The van der Waals surface area contributed by atoms with Crippen molar-refractivity contribution in [1.82, 2.24) is 0 Å². The Morgan fingerprint density at radius 2 is 2.04 bits per heavy atom. The van der Waals surface area contributed by atoms with Crippen molar-refractivity contribution >= 4 is 35.2 Å². The van der Waals surface area contributed by atoms with Gasteiger partial charge in [-0.25, -0.2) is 14.2 Å². The zero-order valence-electron chi connectivity index (χ0n) is 11.9. The zero-order chi connectivity index (χ0) is 17.3. The molecule has 1 aliphatic rings. The van der Waals surface area contributed by atoms with Crippen LogP contribution in [0, 0.1) is 15.9 Å². The molecule has 0 saturated carbocycles. The number of rotatable bonds is 3. The summed E-state index contributed by atoms with van der Waals surface area (Å²) in [5, 5.41) is 10.9. The fourth-order valence-corrected chi connectivity index (χ4v) is 2.26. The van der Waals surface area contributed by atoms with Crippen LogP contribution >= 0.6 is 11.6 Å². The molecule has 1 heterocycles. The lowest BCUT2D eigenvalue weighted by Gasteiger charge is -2.00. The van der Waals surface area contributed by atoms with E-state index in [1.165, 1.54) is 42.5 Å². The van der Waals surface area contributed by atoms with Crippen molar-refractivity contribution in [3.8, 4) is 0 Å². The van der Waals surface area contributed by atoms with E-state index in [9.17, 15) is 19.3 Å². The molecule has 6 nitrogen and oxygen atoms in total. The van der Waals surface area contributed by atoms with E-state index in [0.29, 0.717) is 5.56 Å². The summed E-state index contributed by atoms with van der Waals surface area (Å²) in [7, 11) is 0. The van der Waals surface area contributed by atoms with E-state index in [4.69, 9.17) is 16.3 Å². The van der Waals surface area contributed by atoms with Gasteiger partial charge < -0.3 is 4.74 Å². The number of cyclic esters (lactones) is 1. The lowest BCUT2D eigenvalue weighted by molar-refractivity contribution is -0.384. The molecule has 1 aliphatic heterocycles. The van der Waals surface area contributed by atoms with E-state index in [2.05, 4.69) is 4.99 Å². The number of carbonyl (C=O) groups is 1. The number of nitro groups is 1. The third-order valence-corrected chi connectivity index (χ3v) is 3.48. The van der Waals surface area contributed by atoms with E-state index in [0.717, 1.165) is 0 Å². The Labute approximate surface area is 140 Å². The first-order valence-corrected chi connectivity index (χ1v) is 7.04. The molecule has 2 aromatic carbocycles. The highest BCUT2D eigenvalue weighted by molar-refractivity contribution is 6.32. The molecule has 2 aromatic rings. The van der Waals surface area contributed by atoms with Crippen LogP contribution in [0.2, 0.25) is 5.02 Å². The van der Waals surface area contributed by atoms with Crippen molar-refractivity contribution in [2.45, 2.75) is 0 Å². The predicted molar refractivity (Wildman–Crippen MR) is 85.1 cm³/mol. The largest absolute Gasteiger partial charge is 0.402 e. The fourth-order valence-electron chi connectivity index (χ4n) is 2.07. The molecular formula is C16H8ClFN2O4. The van der Waals surface area contributed by atoms with Gasteiger partial charge in [0.25, 0.3) is 5.69 Å². The van der Waals surface area contributed by atoms with E-state index >= 15 is 0 Å². The molecule has 0 bridgehead atoms. The Bertz CT molecular complexity index is 924. The average molecular weight is 347 g/mol. The molecule has 0 aromatic heterocycles. The molecule has 8 heteroatoms. The third-order valence-electron chi connectivity index (χ3n) is 3.16. The van der Waals surface area contributed by atoms with Crippen molar-refractivity contribution in [3.05, 3.63) is 80.2 Å². The van der Waals surface area contributed by atoms with Gasteiger partial charge in [0.1, 0.15) is 10.8 Å². The van der Waals surface area contributed by atoms with E-state index in [1.54, 1.807) is 6.07 Å². The molecule has 0 spiro atoms. The van der Waals surface area contributed by atoms with Gasteiger partial charge in [0.15, 0.2) is 5.70 Å². The van der Waals surface area contributed by atoms with Crippen molar-refractivity contribution in [3.63, 3.8) is 0 Å². The van der Waals surface area contributed by atoms with Gasteiger partial charge in [-0.15, -0.1) is 0 Å². The summed E-state index contributed by atoms with van der Waals surface area (Å²) in [6.45, 7) is 0.